The highest BCUT2D eigenvalue weighted by molar-refractivity contribution is 5.88. The number of nitrogens with one attached hydrogen (secondary N) is 1. The van der Waals surface area contributed by atoms with Crippen LogP contribution in [-0.2, 0) is 11.2 Å². The maximum Gasteiger partial charge on any atom is 0.223 e. The number of methoxy groups -OCH3 is 1. The van der Waals surface area contributed by atoms with Crippen molar-refractivity contribution in [3.05, 3.63) is 29.5 Å². The summed E-state index contributed by atoms with van der Waals surface area (Å²) in [5.41, 5.74) is 3.75. The highest BCUT2D eigenvalue weighted by Gasteiger charge is 2.37. The van der Waals surface area contributed by atoms with Gasteiger partial charge in [0.1, 0.15) is 5.75 Å². The highest BCUT2D eigenvalue weighted by Crippen LogP contribution is 2.41. The molecule has 0 bridgehead atoms. The van der Waals surface area contributed by atoms with Crippen LogP contribution in [0.15, 0.2) is 18.2 Å². The fourth-order valence-corrected chi connectivity index (χ4v) is 3.47. The van der Waals surface area contributed by atoms with Crippen molar-refractivity contribution in [3.63, 3.8) is 0 Å². The van der Waals surface area contributed by atoms with Crippen molar-refractivity contribution < 1.29 is 9.53 Å². The lowest BCUT2D eigenvalue weighted by Crippen LogP contribution is -2.33. The lowest BCUT2D eigenvalue weighted by molar-refractivity contribution is -0.129. The highest BCUT2D eigenvalue weighted by atomic mass is 16.5. The zero-order valence-electron chi connectivity index (χ0n) is 10.9. The number of fused-ring (bicyclic) bond motifs is 5. The Labute approximate surface area is 111 Å². The van der Waals surface area contributed by atoms with Crippen LogP contribution in [0.1, 0.15) is 30.1 Å². The van der Waals surface area contributed by atoms with Crippen molar-refractivity contribution in [2.75, 3.05) is 13.7 Å². The summed E-state index contributed by atoms with van der Waals surface area (Å²) in [7, 11) is 1.69. The second kappa shape index (κ2) is 3.76. The molecule has 0 unspecified atom stereocenters. The van der Waals surface area contributed by atoms with E-state index in [2.05, 4.69) is 17.1 Å². The molecule has 4 heteroatoms. The zero-order chi connectivity index (χ0) is 13.0. The Morgan fingerprint density at radius 1 is 1.37 bits per heavy atom. The number of H-pyrrole nitrogens is 1. The molecule has 2 aliphatic heterocycles. The van der Waals surface area contributed by atoms with Crippen LogP contribution >= 0.6 is 0 Å². The van der Waals surface area contributed by atoms with Crippen molar-refractivity contribution in [1.82, 2.24) is 9.88 Å². The molecule has 1 aromatic carbocycles. The molecule has 98 valence electrons. The van der Waals surface area contributed by atoms with E-state index < -0.39 is 0 Å². The van der Waals surface area contributed by atoms with E-state index in [1.165, 1.54) is 16.6 Å². The second-order valence-electron chi connectivity index (χ2n) is 5.32. The topological polar surface area (TPSA) is 45.3 Å². The Kier molecular flexibility index (Phi) is 2.16. The Morgan fingerprint density at radius 3 is 3.11 bits per heavy atom. The van der Waals surface area contributed by atoms with Crippen molar-refractivity contribution in [2.45, 2.75) is 25.3 Å². The summed E-state index contributed by atoms with van der Waals surface area (Å²) in [6.07, 6.45) is 2.56. The number of rotatable bonds is 1. The van der Waals surface area contributed by atoms with Crippen LogP contribution in [0.3, 0.4) is 0 Å². The Balaban J connectivity index is 1.90. The van der Waals surface area contributed by atoms with Crippen LogP contribution in [0.2, 0.25) is 0 Å². The molecular weight excluding hydrogens is 240 g/mol. The predicted molar refractivity (Wildman–Crippen MR) is 72.2 cm³/mol. The van der Waals surface area contributed by atoms with E-state index in [0.717, 1.165) is 30.7 Å². The molecule has 2 aliphatic rings. The fourth-order valence-electron chi connectivity index (χ4n) is 3.47. The minimum atomic E-state index is 0.259. The molecule has 0 aliphatic carbocycles. The fraction of sp³-hybridized carbons (Fsp3) is 0.400. The van der Waals surface area contributed by atoms with E-state index in [9.17, 15) is 4.79 Å². The van der Waals surface area contributed by atoms with Crippen LogP contribution in [-0.4, -0.2) is 29.4 Å². The standard InChI is InChI=1S/C15H16N2O2/c1-19-9-2-3-12-11(8-9)10-6-7-17-13(15(10)16-12)4-5-14(17)18/h2-3,8,13,16H,4-7H2,1H3/t13-/m1/s1. The molecule has 4 rings (SSSR count). The average Bonchev–Trinajstić information content (AvgIpc) is 2.99. The number of benzene rings is 1. The molecule has 3 heterocycles. The number of aromatic nitrogens is 1. The minimum Gasteiger partial charge on any atom is -0.497 e. The van der Waals surface area contributed by atoms with Gasteiger partial charge in [0.15, 0.2) is 0 Å². The third kappa shape index (κ3) is 1.43. The number of carbonyl (C=O) groups excluding carboxylic acids is 1. The third-order valence-electron chi connectivity index (χ3n) is 4.41. The lowest BCUT2D eigenvalue weighted by atomic mass is 9.98. The van der Waals surface area contributed by atoms with Crippen molar-refractivity contribution in [3.8, 4) is 5.75 Å². The first-order valence-electron chi connectivity index (χ1n) is 6.76. The predicted octanol–water partition coefficient (Wildman–Crippen LogP) is 2.40. The van der Waals surface area contributed by atoms with Crippen molar-refractivity contribution in [2.24, 2.45) is 0 Å². The number of hydrogen-bond donors (Lipinski definition) is 1. The maximum atomic E-state index is 11.8. The molecule has 1 fully saturated rings. The molecule has 1 amide bonds. The van der Waals surface area contributed by atoms with E-state index in [1.54, 1.807) is 7.11 Å². The van der Waals surface area contributed by atoms with Crippen molar-refractivity contribution in [1.29, 1.82) is 0 Å². The third-order valence-corrected chi connectivity index (χ3v) is 4.41. The first-order valence-corrected chi connectivity index (χ1v) is 6.76. The van der Waals surface area contributed by atoms with E-state index in [1.807, 2.05) is 11.0 Å². The summed E-state index contributed by atoms with van der Waals surface area (Å²) >= 11 is 0. The molecule has 19 heavy (non-hydrogen) atoms. The smallest absolute Gasteiger partial charge is 0.223 e. The molecule has 0 radical (unpaired) electrons. The number of amides is 1. The summed E-state index contributed by atoms with van der Waals surface area (Å²) in [6.45, 7) is 0.848. The summed E-state index contributed by atoms with van der Waals surface area (Å²) in [6, 6.07) is 6.39. The van der Waals surface area contributed by atoms with E-state index in [0.29, 0.717) is 12.3 Å². The first kappa shape index (κ1) is 10.9. The SMILES string of the molecule is COc1ccc2[nH]c3c(c2c1)CCN1C(=O)CC[C@H]31. The van der Waals surface area contributed by atoms with Crippen LogP contribution in [0.4, 0.5) is 0 Å². The quantitative estimate of drug-likeness (QED) is 0.851. The molecule has 1 aromatic heterocycles. The number of carbonyl (C=O) groups is 1. The molecule has 1 atom stereocenters. The number of aromatic amines is 1. The van der Waals surface area contributed by atoms with Gasteiger partial charge in [-0.05, 0) is 36.6 Å². The van der Waals surface area contributed by atoms with E-state index in [-0.39, 0.29) is 6.04 Å². The molecular formula is C15H16N2O2. The van der Waals surface area contributed by atoms with Gasteiger partial charge in [-0.3, -0.25) is 4.79 Å². The van der Waals surface area contributed by atoms with Crippen LogP contribution in [0.25, 0.3) is 10.9 Å². The van der Waals surface area contributed by atoms with Gasteiger partial charge in [0.05, 0.1) is 13.2 Å². The largest absolute Gasteiger partial charge is 0.497 e. The molecule has 4 nitrogen and oxygen atoms in total. The summed E-state index contributed by atoms with van der Waals surface area (Å²) < 4.78 is 5.31. The second-order valence-corrected chi connectivity index (χ2v) is 5.32. The molecule has 1 N–H and O–H groups in total. The zero-order valence-corrected chi connectivity index (χ0v) is 10.9. The van der Waals surface area contributed by atoms with E-state index >= 15 is 0 Å². The molecule has 0 saturated carbocycles. The lowest BCUT2D eigenvalue weighted by Gasteiger charge is -2.29. The van der Waals surface area contributed by atoms with Gasteiger partial charge < -0.3 is 14.6 Å². The Morgan fingerprint density at radius 2 is 2.26 bits per heavy atom. The van der Waals surface area contributed by atoms with E-state index in [4.69, 9.17) is 4.74 Å². The average molecular weight is 256 g/mol. The number of hydrogen-bond acceptors (Lipinski definition) is 2. The Bertz CT molecular complexity index is 674. The van der Waals surface area contributed by atoms with Gasteiger partial charge in [-0.2, -0.15) is 0 Å². The molecule has 0 spiro atoms. The Hall–Kier alpha value is -1.97. The summed E-state index contributed by atoms with van der Waals surface area (Å²) in [4.78, 5) is 17.4. The van der Waals surface area contributed by atoms with Gasteiger partial charge in [-0.25, -0.2) is 0 Å². The molecule has 2 aromatic rings. The van der Waals surface area contributed by atoms with Gasteiger partial charge in [0, 0.05) is 29.6 Å². The normalized spacial score (nSPS) is 21.6. The maximum absolute atomic E-state index is 11.8. The van der Waals surface area contributed by atoms with Gasteiger partial charge in [0.2, 0.25) is 5.91 Å². The minimum absolute atomic E-state index is 0.259. The van der Waals surface area contributed by atoms with Crippen molar-refractivity contribution >= 4 is 16.8 Å². The number of nitrogens with zero attached hydrogens (tertiary/aromatic N) is 1. The van der Waals surface area contributed by atoms with Gasteiger partial charge in [0.25, 0.3) is 0 Å². The van der Waals surface area contributed by atoms with Gasteiger partial charge in [-0.1, -0.05) is 0 Å². The number of ether oxygens (including phenoxy) is 1. The van der Waals surface area contributed by atoms with Crippen LogP contribution in [0.5, 0.6) is 5.75 Å². The summed E-state index contributed by atoms with van der Waals surface area (Å²) in [5.74, 6) is 1.19. The first-order chi connectivity index (χ1) is 9.28. The van der Waals surface area contributed by atoms with Gasteiger partial charge >= 0.3 is 0 Å². The van der Waals surface area contributed by atoms with Gasteiger partial charge in [-0.15, -0.1) is 0 Å². The molecule has 1 saturated heterocycles. The van der Waals surface area contributed by atoms with Crippen LogP contribution < -0.4 is 4.74 Å². The monoisotopic (exact) mass is 256 g/mol. The summed E-state index contributed by atoms with van der Waals surface area (Å²) in [5, 5.41) is 1.24. The van der Waals surface area contributed by atoms with Crippen LogP contribution in [0, 0.1) is 0 Å².